The standard InChI is InChI=1S/C15H16NO2/c1-11-4-3-5-12(10-11)15(17)16-13-6-8-14(18-2)9-7-13/h3-10,15-16H,1-2H3. The summed E-state index contributed by atoms with van der Waals surface area (Å²) < 4.78 is 5.07. The first-order chi connectivity index (χ1) is 8.69. The van der Waals surface area contributed by atoms with Crippen LogP contribution >= 0.6 is 0 Å². The van der Waals surface area contributed by atoms with Gasteiger partial charge in [0.05, 0.1) is 7.11 Å². The number of hydrogen-bond acceptors (Lipinski definition) is 2. The molecule has 0 spiro atoms. The molecule has 1 atom stereocenters. The molecular formula is C15H16NO2. The number of nitrogens with one attached hydrogen (secondary N) is 1. The molecule has 3 heteroatoms. The van der Waals surface area contributed by atoms with Gasteiger partial charge in [-0.2, -0.15) is 0 Å². The Hall–Kier alpha value is -2.00. The Balaban J connectivity index is 2.08. The number of ether oxygens (including phenoxy) is 1. The molecule has 0 aromatic heterocycles. The van der Waals surface area contributed by atoms with Crippen molar-refractivity contribution in [3.8, 4) is 5.75 Å². The number of anilines is 1. The molecule has 0 aliphatic carbocycles. The van der Waals surface area contributed by atoms with Crippen molar-refractivity contribution < 1.29 is 9.84 Å². The Morgan fingerprint density at radius 1 is 1.11 bits per heavy atom. The quantitative estimate of drug-likeness (QED) is 0.833. The van der Waals surface area contributed by atoms with E-state index in [0.717, 1.165) is 22.6 Å². The van der Waals surface area contributed by atoms with Gasteiger partial charge in [-0.1, -0.05) is 29.8 Å². The maximum atomic E-state index is 12.1. The number of benzene rings is 2. The van der Waals surface area contributed by atoms with Gasteiger partial charge in [-0.15, -0.1) is 0 Å². The Kier molecular flexibility index (Phi) is 3.85. The summed E-state index contributed by atoms with van der Waals surface area (Å²) in [5, 5.41) is 15.0. The Morgan fingerprint density at radius 2 is 1.83 bits per heavy atom. The van der Waals surface area contributed by atoms with Crippen molar-refractivity contribution in [3.63, 3.8) is 0 Å². The van der Waals surface area contributed by atoms with Crippen molar-refractivity contribution in [2.24, 2.45) is 0 Å². The van der Waals surface area contributed by atoms with Gasteiger partial charge in [0.1, 0.15) is 5.75 Å². The minimum atomic E-state index is -0.960. The number of rotatable bonds is 4. The lowest BCUT2D eigenvalue weighted by Gasteiger charge is -2.13. The van der Waals surface area contributed by atoms with Gasteiger partial charge in [-0.05, 0) is 31.2 Å². The van der Waals surface area contributed by atoms with Crippen LogP contribution < -0.4 is 10.1 Å². The van der Waals surface area contributed by atoms with Crippen LogP contribution in [0.2, 0.25) is 0 Å². The summed E-state index contributed by atoms with van der Waals surface area (Å²) in [6.07, 6.45) is -0.960. The topological polar surface area (TPSA) is 41.2 Å². The zero-order valence-electron chi connectivity index (χ0n) is 10.5. The lowest BCUT2D eigenvalue weighted by atomic mass is 10.1. The average molecular weight is 242 g/mol. The molecule has 3 nitrogen and oxygen atoms in total. The molecule has 0 heterocycles. The molecule has 0 amide bonds. The molecular weight excluding hydrogens is 226 g/mol. The SMILES string of the molecule is COc1ccc(NC([O])c2cccc(C)c2)cc1. The summed E-state index contributed by atoms with van der Waals surface area (Å²) in [7, 11) is 1.62. The molecule has 1 radical (unpaired) electrons. The highest BCUT2D eigenvalue weighted by Gasteiger charge is 2.08. The molecule has 1 N–H and O–H groups in total. The second kappa shape index (κ2) is 5.56. The molecule has 0 bridgehead atoms. The molecule has 0 saturated heterocycles. The van der Waals surface area contributed by atoms with Crippen molar-refractivity contribution in [1.82, 2.24) is 0 Å². The monoisotopic (exact) mass is 242 g/mol. The fourth-order valence-electron chi connectivity index (χ4n) is 1.76. The average Bonchev–Trinajstić information content (AvgIpc) is 2.39. The van der Waals surface area contributed by atoms with Gasteiger partial charge in [0.2, 0.25) is 0 Å². The van der Waals surface area contributed by atoms with E-state index in [1.165, 1.54) is 0 Å². The van der Waals surface area contributed by atoms with Crippen LogP contribution in [0.1, 0.15) is 17.4 Å². The number of aryl methyl sites for hydroxylation is 1. The van der Waals surface area contributed by atoms with Gasteiger partial charge in [0.25, 0.3) is 0 Å². The fraction of sp³-hybridized carbons (Fsp3) is 0.200. The van der Waals surface area contributed by atoms with Gasteiger partial charge < -0.3 is 10.1 Å². The second-order valence-corrected chi connectivity index (χ2v) is 4.17. The first-order valence-electron chi connectivity index (χ1n) is 5.82. The van der Waals surface area contributed by atoms with E-state index in [0.29, 0.717) is 0 Å². The first-order valence-corrected chi connectivity index (χ1v) is 5.82. The predicted octanol–water partition coefficient (Wildman–Crippen LogP) is 3.54. The normalized spacial score (nSPS) is 11.9. The molecule has 0 aliphatic rings. The van der Waals surface area contributed by atoms with Crippen LogP contribution in [0.15, 0.2) is 48.5 Å². The number of methoxy groups -OCH3 is 1. The summed E-state index contributed by atoms with van der Waals surface area (Å²) in [6.45, 7) is 1.98. The summed E-state index contributed by atoms with van der Waals surface area (Å²) in [6, 6.07) is 14.9. The third kappa shape index (κ3) is 3.02. The van der Waals surface area contributed by atoms with Crippen LogP contribution in [-0.4, -0.2) is 7.11 Å². The predicted molar refractivity (Wildman–Crippen MR) is 71.2 cm³/mol. The summed E-state index contributed by atoms with van der Waals surface area (Å²) in [4.78, 5) is 0. The van der Waals surface area contributed by atoms with Gasteiger partial charge in [0.15, 0.2) is 6.23 Å². The summed E-state index contributed by atoms with van der Waals surface area (Å²) >= 11 is 0. The minimum absolute atomic E-state index is 0.741. The molecule has 0 aliphatic heterocycles. The van der Waals surface area contributed by atoms with Crippen molar-refractivity contribution in [3.05, 3.63) is 59.7 Å². The van der Waals surface area contributed by atoms with Crippen LogP contribution in [0, 0.1) is 6.92 Å². The summed E-state index contributed by atoms with van der Waals surface area (Å²) in [5.41, 5.74) is 2.62. The Bertz CT molecular complexity index is 508. The lowest BCUT2D eigenvalue weighted by Crippen LogP contribution is -2.08. The summed E-state index contributed by atoms with van der Waals surface area (Å²) in [5.74, 6) is 0.776. The van der Waals surface area contributed by atoms with Gasteiger partial charge in [-0.3, -0.25) is 0 Å². The highest BCUT2D eigenvalue weighted by atomic mass is 16.5. The van der Waals surface area contributed by atoms with Gasteiger partial charge in [-0.25, -0.2) is 5.11 Å². The van der Waals surface area contributed by atoms with Crippen LogP contribution in [0.4, 0.5) is 5.69 Å². The smallest absolute Gasteiger partial charge is 0.188 e. The van der Waals surface area contributed by atoms with Crippen molar-refractivity contribution in [1.29, 1.82) is 0 Å². The van der Waals surface area contributed by atoms with E-state index < -0.39 is 6.23 Å². The Morgan fingerprint density at radius 3 is 2.44 bits per heavy atom. The maximum Gasteiger partial charge on any atom is 0.188 e. The Labute approximate surface area is 107 Å². The largest absolute Gasteiger partial charge is 0.497 e. The first kappa shape index (κ1) is 12.5. The molecule has 0 saturated carbocycles. The lowest BCUT2D eigenvalue weighted by molar-refractivity contribution is 0.114. The molecule has 93 valence electrons. The van der Waals surface area contributed by atoms with E-state index in [4.69, 9.17) is 4.74 Å². The zero-order valence-corrected chi connectivity index (χ0v) is 10.5. The molecule has 2 aromatic carbocycles. The van der Waals surface area contributed by atoms with Crippen LogP contribution in [0.3, 0.4) is 0 Å². The zero-order chi connectivity index (χ0) is 13.0. The molecule has 1 unspecified atom stereocenters. The third-order valence-corrected chi connectivity index (χ3v) is 2.73. The third-order valence-electron chi connectivity index (χ3n) is 2.73. The van der Waals surface area contributed by atoms with Crippen molar-refractivity contribution in [2.75, 3.05) is 12.4 Å². The maximum absolute atomic E-state index is 12.1. The van der Waals surface area contributed by atoms with E-state index in [2.05, 4.69) is 5.32 Å². The molecule has 0 fully saturated rings. The van der Waals surface area contributed by atoms with Gasteiger partial charge in [0, 0.05) is 11.3 Å². The highest BCUT2D eigenvalue weighted by molar-refractivity contribution is 5.47. The van der Waals surface area contributed by atoms with Crippen LogP contribution in [0.5, 0.6) is 5.75 Å². The van der Waals surface area contributed by atoms with E-state index in [1.807, 2.05) is 55.5 Å². The van der Waals surface area contributed by atoms with E-state index in [9.17, 15) is 5.11 Å². The van der Waals surface area contributed by atoms with E-state index in [1.54, 1.807) is 7.11 Å². The second-order valence-electron chi connectivity index (χ2n) is 4.17. The van der Waals surface area contributed by atoms with Gasteiger partial charge >= 0.3 is 0 Å². The minimum Gasteiger partial charge on any atom is -0.497 e. The van der Waals surface area contributed by atoms with Crippen LogP contribution in [-0.2, 0) is 5.11 Å². The van der Waals surface area contributed by atoms with Crippen LogP contribution in [0.25, 0.3) is 0 Å². The molecule has 2 rings (SSSR count). The van der Waals surface area contributed by atoms with Crippen molar-refractivity contribution in [2.45, 2.75) is 13.2 Å². The number of hydrogen-bond donors (Lipinski definition) is 1. The van der Waals surface area contributed by atoms with E-state index >= 15 is 0 Å². The highest BCUT2D eigenvalue weighted by Crippen LogP contribution is 2.21. The molecule has 18 heavy (non-hydrogen) atoms. The van der Waals surface area contributed by atoms with Crippen molar-refractivity contribution >= 4 is 5.69 Å². The fourth-order valence-corrected chi connectivity index (χ4v) is 1.76. The van der Waals surface area contributed by atoms with E-state index in [-0.39, 0.29) is 0 Å². The molecule has 2 aromatic rings.